The molecule has 25 heavy (non-hydrogen) atoms. The molecular weight excluding hydrogens is 334 g/mol. The van der Waals surface area contributed by atoms with E-state index in [1.54, 1.807) is 0 Å². The van der Waals surface area contributed by atoms with Crippen molar-refractivity contribution in [2.24, 2.45) is 5.92 Å². The summed E-state index contributed by atoms with van der Waals surface area (Å²) in [7, 11) is 0. The van der Waals surface area contributed by atoms with Gasteiger partial charge in [0.15, 0.2) is 0 Å². The maximum absolute atomic E-state index is 12.0. The van der Waals surface area contributed by atoms with E-state index in [0.29, 0.717) is 0 Å². The first kappa shape index (κ1) is 17.2. The fourth-order valence-corrected chi connectivity index (χ4v) is 4.62. The normalized spacial score (nSPS) is 26.0. The molecule has 5 nitrogen and oxygen atoms in total. The molecule has 3 rings (SSSR count). The van der Waals surface area contributed by atoms with E-state index in [4.69, 9.17) is 5.41 Å². The Balaban J connectivity index is 2.12. The third-order valence-corrected chi connectivity index (χ3v) is 5.86. The second kappa shape index (κ2) is 7.08. The molecule has 1 unspecified atom stereocenters. The summed E-state index contributed by atoms with van der Waals surface area (Å²) >= 11 is 1.13. The molecule has 0 bridgehead atoms. The van der Waals surface area contributed by atoms with Crippen molar-refractivity contribution in [3.8, 4) is 6.07 Å². The predicted molar refractivity (Wildman–Crippen MR) is 98.3 cm³/mol. The van der Waals surface area contributed by atoms with Crippen molar-refractivity contribution < 1.29 is 4.92 Å². The number of hydrogen-bond acceptors (Lipinski definition) is 5. The number of nitrogens with zero attached hydrogens (tertiary/aromatic N) is 2. The first-order valence-corrected chi connectivity index (χ1v) is 8.80. The van der Waals surface area contributed by atoms with Crippen molar-refractivity contribution in [1.29, 1.82) is 10.7 Å². The van der Waals surface area contributed by atoms with Crippen LogP contribution in [0.1, 0.15) is 27.9 Å². The van der Waals surface area contributed by atoms with Crippen LogP contribution in [0.5, 0.6) is 0 Å². The lowest BCUT2D eigenvalue weighted by Crippen LogP contribution is -2.42. The van der Waals surface area contributed by atoms with Gasteiger partial charge in [-0.05, 0) is 18.1 Å². The minimum absolute atomic E-state index is 0.194. The van der Waals surface area contributed by atoms with Gasteiger partial charge in [-0.3, -0.25) is 15.5 Å². The molecule has 0 saturated carbocycles. The van der Waals surface area contributed by atoms with Crippen molar-refractivity contribution in [2.75, 3.05) is 0 Å². The van der Waals surface area contributed by atoms with Gasteiger partial charge in [-0.1, -0.05) is 71.9 Å². The van der Waals surface area contributed by atoms with Crippen LogP contribution < -0.4 is 0 Å². The first-order chi connectivity index (χ1) is 12.0. The molecule has 1 aliphatic heterocycles. The van der Waals surface area contributed by atoms with Crippen LogP contribution in [-0.2, 0) is 0 Å². The van der Waals surface area contributed by atoms with Crippen LogP contribution >= 0.6 is 11.8 Å². The van der Waals surface area contributed by atoms with Crippen molar-refractivity contribution in [2.45, 2.75) is 24.1 Å². The molecule has 0 radical (unpaired) electrons. The summed E-state index contributed by atoms with van der Waals surface area (Å²) in [6, 6.07) is 17.9. The van der Waals surface area contributed by atoms with E-state index in [9.17, 15) is 15.4 Å². The van der Waals surface area contributed by atoms with E-state index in [1.165, 1.54) is 0 Å². The average molecular weight is 351 g/mol. The number of nitro groups is 1. The molecule has 1 aliphatic rings. The van der Waals surface area contributed by atoms with Crippen molar-refractivity contribution in [3.63, 3.8) is 0 Å². The standard InChI is InChI=1S/C19H17N3O2S/c1-12-7-9-13(10-8-12)16-15(11-20)19(21)25-18(17(16)22(23)24)14-5-3-2-4-6-14/h2-10,15-18,21H,1H3/t15?,16-,17-,18-/m0/s1. The lowest BCUT2D eigenvalue weighted by Gasteiger charge is -2.35. The van der Waals surface area contributed by atoms with Gasteiger partial charge in [0.1, 0.15) is 11.2 Å². The molecule has 1 N–H and O–H groups in total. The Morgan fingerprint density at radius 3 is 2.32 bits per heavy atom. The quantitative estimate of drug-likeness (QED) is 0.658. The van der Waals surface area contributed by atoms with E-state index in [0.717, 1.165) is 28.5 Å². The largest absolute Gasteiger partial charge is 0.297 e. The van der Waals surface area contributed by atoms with Gasteiger partial charge >= 0.3 is 0 Å². The molecule has 0 aliphatic carbocycles. The fourth-order valence-electron chi connectivity index (χ4n) is 3.30. The van der Waals surface area contributed by atoms with Gasteiger partial charge in [-0.15, -0.1) is 0 Å². The number of benzene rings is 2. The Morgan fingerprint density at radius 2 is 1.76 bits per heavy atom. The zero-order chi connectivity index (χ0) is 18.0. The summed E-state index contributed by atoms with van der Waals surface area (Å²) in [5, 5.41) is 29.6. The highest BCUT2D eigenvalue weighted by Gasteiger charge is 2.51. The number of nitriles is 1. The van der Waals surface area contributed by atoms with Crippen LogP contribution in [-0.4, -0.2) is 16.0 Å². The van der Waals surface area contributed by atoms with Gasteiger partial charge in [0.2, 0.25) is 6.04 Å². The Bertz CT molecular complexity index is 830. The number of rotatable bonds is 3. The Hall–Kier alpha value is -2.65. The van der Waals surface area contributed by atoms with Gasteiger partial charge in [-0.2, -0.15) is 5.26 Å². The van der Waals surface area contributed by atoms with Gasteiger partial charge in [-0.25, -0.2) is 0 Å². The molecule has 1 heterocycles. The van der Waals surface area contributed by atoms with Crippen LogP contribution in [0.3, 0.4) is 0 Å². The zero-order valence-corrected chi connectivity index (χ0v) is 14.4. The van der Waals surface area contributed by atoms with Crippen LogP contribution in [0.25, 0.3) is 0 Å². The summed E-state index contributed by atoms with van der Waals surface area (Å²) in [6.45, 7) is 1.95. The van der Waals surface area contributed by atoms with Crippen LogP contribution in [0, 0.1) is 39.7 Å². The molecule has 1 saturated heterocycles. The van der Waals surface area contributed by atoms with Crippen molar-refractivity contribution >= 4 is 16.8 Å². The van der Waals surface area contributed by atoms with Crippen LogP contribution in [0.15, 0.2) is 54.6 Å². The number of nitrogens with one attached hydrogen (secondary N) is 1. The maximum atomic E-state index is 12.0. The molecule has 126 valence electrons. The second-order valence-electron chi connectivity index (χ2n) is 6.13. The Labute approximate surface area is 150 Å². The predicted octanol–water partition coefficient (Wildman–Crippen LogP) is 4.33. The number of hydrogen-bond donors (Lipinski definition) is 1. The molecular formula is C19H17N3O2S. The lowest BCUT2D eigenvalue weighted by molar-refractivity contribution is -0.528. The third kappa shape index (κ3) is 3.28. The molecule has 4 atom stereocenters. The monoisotopic (exact) mass is 351 g/mol. The van der Waals surface area contributed by atoms with E-state index in [1.807, 2.05) is 61.5 Å². The average Bonchev–Trinajstić information content (AvgIpc) is 2.62. The van der Waals surface area contributed by atoms with Crippen molar-refractivity contribution in [3.05, 3.63) is 81.4 Å². The van der Waals surface area contributed by atoms with Gasteiger partial charge in [0, 0.05) is 4.92 Å². The smallest absolute Gasteiger partial charge is 0.237 e. The Kier molecular flexibility index (Phi) is 4.86. The fraction of sp³-hybridized carbons (Fsp3) is 0.263. The molecule has 0 amide bonds. The Morgan fingerprint density at radius 1 is 1.12 bits per heavy atom. The molecule has 2 aromatic carbocycles. The summed E-state index contributed by atoms with van der Waals surface area (Å²) in [4.78, 5) is 11.7. The van der Waals surface area contributed by atoms with Gasteiger partial charge in [0.05, 0.1) is 17.0 Å². The number of aryl methyl sites for hydroxylation is 1. The topological polar surface area (TPSA) is 90.8 Å². The van der Waals surface area contributed by atoms with E-state index in [-0.39, 0.29) is 9.97 Å². The minimum Gasteiger partial charge on any atom is -0.297 e. The van der Waals surface area contributed by atoms with Crippen LogP contribution in [0.4, 0.5) is 0 Å². The highest BCUT2D eigenvalue weighted by Crippen LogP contribution is 2.49. The van der Waals surface area contributed by atoms with Crippen LogP contribution in [0.2, 0.25) is 0 Å². The maximum Gasteiger partial charge on any atom is 0.237 e. The minimum atomic E-state index is -0.964. The molecule has 0 aromatic heterocycles. The zero-order valence-electron chi connectivity index (χ0n) is 13.6. The van der Waals surface area contributed by atoms with Crippen molar-refractivity contribution in [1.82, 2.24) is 0 Å². The molecule has 0 spiro atoms. The molecule has 6 heteroatoms. The third-order valence-electron chi connectivity index (χ3n) is 4.55. The van der Waals surface area contributed by atoms with E-state index < -0.39 is 23.1 Å². The molecule has 2 aromatic rings. The summed E-state index contributed by atoms with van der Waals surface area (Å²) in [6.07, 6.45) is 0. The highest BCUT2D eigenvalue weighted by atomic mass is 32.2. The van der Waals surface area contributed by atoms with E-state index in [2.05, 4.69) is 6.07 Å². The van der Waals surface area contributed by atoms with Gasteiger partial charge < -0.3 is 0 Å². The summed E-state index contributed by atoms with van der Waals surface area (Å²) in [5.74, 6) is -1.44. The first-order valence-electron chi connectivity index (χ1n) is 7.92. The second-order valence-corrected chi connectivity index (χ2v) is 7.32. The molecule has 1 fully saturated rings. The highest BCUT2D eigenvalue weighted by molar-refractivity contribution is 8.14. The lowest BCUT2D eigenvalue weighted by atomic mass is 9.78. The van der Waals surface area contributed by atoms with Gasteiger partial charge in [0.25, 0.3) is 0 Å². The summed E-state index contributed by atoms with van der Waals surface area (Å²) in [5.41, 5.74) is 2.60. The number of thioether (sulfide) groups is 1. The summed E-state index contributed by atoms with van der Waals surface area (Å²) < 4.78 is 0. The van der Waals surface area contributed by atoms with E-state index >= 15 is 0 Å². The SMILES string of the molecule is Cc1ccc([C@H]2C(C#N)C(=N)S[C@@H](c3ccccc3)[C@H]2[N+](=O)[O-])cc1.